The number of urea groups is 1. The minimum Gasteiger partial charge on any atom is -0.493 e. The smallest absolute Gasteiger partial charge is 0.364 e. The Morgan fingerprint density at radius 1 is 1.00 bits per heavy atom. The number of anilines is 1. The zero-order valence-electron chi connectivity index (χ0n) is 21.7. The van der Waals surface area contributed by atoms with Crippen LogP contribution in [0.4, 0.5) is 16.2 Å². The fraction of sp³-hybridized carbons (Fsp3) is 0.241. The van der Waals surface area contributed by atoms with Gasteiger partial charge >= 0.3 is 12.0 Å². The molecule has 208 valence electrons. The number of amides is 2. The number of unbranched alkanes of at least 4 members (excludes halogenated alkanes) is 2. The van der Waals surface area contributed by atoms with E-state index < -0.39 is 12.0 Å². The van der Waals surface area contributed by atoms with E-state index in [1.807, 2.05) is 30.3 Å². The largest absolute Gasteiger partial charge is 0.493 e. The number of thioether (sulfide) groups is 1. The lowest BCUT2D eigenvalue weighted by Crippen LogP contribution is -2.05. The van der Waals surface area contributed by atoms with E-state index in [-0.39, 0.29) is 17.1 Å². The van der Waals surface area contributed by atoms with Crippen molar-refractivity contribution in [3.63, 3.8) is 0 Å². The van der Waals surface area contributed by atoms with Gasteiger partial charge in [-0.25, -0.2) is 9.59 Å². The summed E-state index contributed by atoms with van der Waals surface area (Å²) in [5, 5.41) is 32.0. The molecule has 2 amide bonds. The number of aromatic carboxylic acids is 1. The van der Waals surface area contributed by atoms with Crippen molar-refractivity contribution in [2.24, 2.45) is 10.2 Å². The molecule has 11 heteroatoms. The third-order valence-electron chi connectivity index (χ3n) is 6.24. The second-order valence-corrected chi connectivity index (χ2v) is 11.1. The standard InChI is InChI=1S/C29H28Cl2N4O4S/c1-2-3-4-14-35-25-12-10-21(40-15-13-18-5-7-19(8-6-18)28(37)38)17-22(25)26(27(35)36)33-34-29(39)32-20-9-11-23(30)24(31)16-20/h5-12,16-17,36H,2-4,13-15H2,1H3,(H,32,39)(H,37,38). The van der Waals surface area contributed by atoms with Gasteiger partial charge in [-0.1, -0.05) is 60.2 Å². The normalized spacial score (nSPS) is 11.4. The molecule has 1 aromatic heterocycles. The molecular formula is C29H28Cl2N4O4S. The van der Waals surface area contributed by atoms with Crippen LogP contribution in [0.15, 0.2) is 75.8 Å². The second-order valence-electron chi connectivity index (χ2n) is 9.07. The Kier molecular flexibility index (Phi) is 10.1. The Bertz CT molecular complexity index is 1550. The molecule has 0 saturated carbocycles. The van der Waals surface area contributed by atoms with Gasteiger partial charge in [0.05, 0.1) is 21.1 Å². The monoisotopic (exact) mass is 598 g/mol. The molecule has 0 fully saturated rings. The van der Waals surface area contributed by atoms with E-state index in [1.54, 1.807) is 40.6 Å². The maximum absolute atomic E-state index is 12.5. The van der Waals surface area contributed by atoms with Crippen molar-refractivity contribution < 1.29 is 19.8 Å². The average Bonchev–Trinajstić information content (AvgIpc) is 3.19. The van der Waals surface area contributed by atoms with Gasteiger partial charge in [0, 0.05) is 28.3 Å². The molecular weight excluding hydrogens is 571 g/mol. The first-order chi connectivity index (χ1) is 19.3. The maximum atomic E-state index is 12.5. The van der Waals surface area contributed by atoms with Crippen molar-refractivity contribution in [2.75, 3.05) is 11.1 Å². The number of hydrogen-bond acceptors (Lipinski definition) is 5. The van der Waals surface area contributed by atoms with Gasteiger partial charge in [-0.2, -0.15) is 0 Å². The summed E-state index contributed by atoms with van der Waals surface area (Å²) in [5.41, 5.74) is 2.75. The van der Waals surface area contributed by atoms with E-state index >= 15 is 0 Å². The first-order valence-electron chi connectivity index (χ1n) is 12.7. The zero-order chi connectivity index (χ0) is 28.6. The number of carbonyl (C=O) groups excluding carboxylic acids is 1. The van der Waals surface area contributed by atoms with Crippen LogP contribution in [0.3, 0.4) is 0 Å². The van der Waals surface area contributed by atoms with Crippen molar-refractivity contribution in [3.05, 3.63) is 81.8 Å². The van der Waals surface area contributed by atoms with Crippen LogP contribution in [-0.2, 0) is 13.0 Å². The average molecular weight is 600 g/mol. The summed E-state index contributed by atoms with van der Waals surface area (Å²) >= 11 is 13.6. The van der Waals surface area contributed by atoms with Crippen molar-refractivity contribution in [3.8, 4) is 5.88 Å². The molecule has 0 spiro atoms. The number of aromatic nitrogens is 1. The number of nitrogens with one attached hydrogen (secondary N) is 1. The quantitative estimate of drug-likeness (QED) is 0.0903. The molecule has 0 radical (unpaired) electrons. The molecule has 0 unspecified atom stereocenters. The van der Waals surface area contributed by atoms with E-state index in [0.29, 0.717) is 27.7 Å². The molecule has 4 aromatic rings. The number of azo groups is 1. The fourth-order valence-corrected chi connectivity index (χ4v) is 5.39. The Hall–Kier alpha value is -3.53. The van der Waals surface area contributed by atoms with Crippen LogP contribution >= 0.6 is 35.0 Å². The lowest BCUT2D eigenvalue weighted by molar-refractivity contribution is 0.0697. The van der Waals surface area contributed by atoms with Crippen molar-refractivity contribution in [1.82, 2.24) is 4.57 Å². The predicted molar refractivity (Wildman–Crippen MR) is 161 cm³/mol. The number of carbonyl (C=O) groups is 2. The minimum absolute atomic E-state index is 0.0436. The first kappa shape index (κ1) is 29.5. The van der Waals surface area contributed by atoms with Crippen molar-refractivity contribution >= 4 is 69.2 Å². The van der Waals surface area contributed by atoms with E-state index in [0.717, 1.165) is 47.4 Å². The van der Waals surface area contributed by atoms with E-state index in [2.05, 4.69) is 22.5 Å². The number of hydrogen-bond donors (Lipinski definition) is 3. The highest BCUT2D eigenvalue weighted by Crippen LogP contribution is 2.41. The molecule has 0 atom stereocenters. The molecule has 4 rings (SSSR count). The second kappa shape index (κ2) is 13.7. The molecule has 3 N–H and O–H groups in total. The van der Waals surface area contributed by atoms with Crippen molar-refractivity contribution in [1.29, 1.82) is 0 Å². The van der Waals surface area contributed by atoms with Crippen molar-refractivity contribution in [2.45, 2.75) is 44.0 Å². The SMILES string of the molecule is CCCCCn1c(O)c(N=NC(=O)Nc2ccc(Cl)c(Cl)c2)c2cc(SCCc3ccc(C(=O)O)cc3)ccc21. The topological polar surface area (TPSA) is 116 Å². The van der Waals surface area contributed by atoms with E-state index in [9.17, 15) is 14.7 Å². The first-order valence-corrected chi connectivity index (χ1v) is 14.5. The molecule has 0 saturated heterocycles. The highest BCUT2D eigenvalue weighted by Gasteiger charge is 2.18. The lowest BCUT2D eigenvalue weighted by atomic mass is 10.1. The van der Waals surface area contributed by atoms with Gasteiger partial charge in [-0.3, -0.25) is 0 Å². The summed E-state index contributed by atoms with van der Waals surface area (Å²) < 4.78 is 1.80. The number of carboxylic acid groups (broad SMARTS) is 1. The molecule has 3 aromatic carbocycles. The Morgan fingerprint density at radius 2 is 1.77 bits per heavy atom. The molecule has 0 aliphatic carbocycles. The summed E-state index contributed by atoms with van der Waals surface area (Å²) in [6.45, 7) is 2.73. The molecule has 1 heterocycles. The summed E-state index contributed by atoms with van der Waals surface area (Å²) in [6.07, 6.45) is 3.71. The highest BCUT2D eigenvalue weighted by atomic mass is 35.5. The van der Waals surface area contributed by atoms with Crippen LogP contribution in [0.25, 0.3) is 10.9 Å². The van der Waals surface area contributed by atoms with Gasteiger partial charge in [0.25, 0.3) is 0 Å². The molecule has 0 bridgehead atoms. The maximum Gasteiger partial charge on any atom is 0.364 e. The fourth-order valence-electron chi connectivity index (χ4n) is 4.16. The number of carboxylic acids is 1. The summed E-state index contributed by atoms with van der Waals surface area (Å²) in [6, 6.07) is 16.7. The third kappa shape index (κ3) is 7.35. The predicted octanol–water partition coefficient (Wildman–Crippen LogP) is 9.19. The number of aryl methyl sites for hydroxylation is 2. The zero-order valence-corrected chi connectivity index (χ0v) is 24.1. The van der Waals surface area contributed by atoms with E-state index in [4.69, 9.17) is 28.3 Å². The number of rotatable bonds is 11. The van der Waals surface area contributed by atoms with Crippen LogP contribution in [0, 0.1) is 0 Å². The van der Waals surface area contributed by atoms with Gasteiger partial charge in [0.1, 0.15) is 0 Å². The number of halogens is 2. The molecule has 0 aliphatic heterocycles. The van der Waals surface area contributed by atoms with Gasteiger partial charge in [0.2, 0.25) is 5.88 Å². The number of benzene rings is 3. The Morgan fingerprint density at radius 3 is 2.48 bits per heavy atom. The molecule has 40 heavy (non-hydrogen) atoms. The van der Waals surface area contributed by atoms with Crippen LogP contribution in [0.1, 0.15) is 42.1 Å². The van der Waals surface area contributed by atoms with Crippen LogP contribution in [0.2, 0.25) is 10.0 Å². The Labute approximate surface area is 246 Å². The summed E-state index contributed by atoms with van der Waals surface area (Å²) in [4.78, 5) is 24.5. The lowest BCUT2D eigenvalue weighted by Gasteiger charge is -2.07. The number of nitrogens with zero attached hydrogens (tertiary/aromatic N) is 3. The summed E-state index contributed by atoms with van der Waals surface area (Å²) in [7, 11) is 0. The van der Waals surface area contributed by atoms with Crippen LogP contribution < -0.4 is 5.32 Å². The van der Waals surface area contributed by atoms with Crippen LogP contribution in [-0.4, -0.2) is 32.5 Å². The van der Waals surface area contributed by atoms with Gasteiger partial charge < -0.3 is 20.1 Å². The highest BCUT2D eigenvalue weighted by molar-refractivity contribution is 7.99. The van der Waals surface area contributed by atoms with Gasteiger partial charge in [-0.05, 0) is 66.9 Å². The Balaban J connectivity index is 1.54. The van der Waals surface area contributed by atoms with E-state index in [1.165, 1.54) is 6.07 Å². The third-order valence-corrected chi connectivity index (χ3v) is 7.97. The van der Waals surface area contributed by atoms with Crippen LogP contribution in [0.5, 0.6) is 5.88 Å². The van der Waals surface area contributed by atoms with Gasteiger partial charge in [0.15, 0.2) is 5.69 Å². The van der Waals surface area contributed by atoms with Gasteiger partial charge in [-0.15, -0.1) is 16.9 Å². The molecule has 0 aliphatic rings. The number of fused-ring (bicyclic) bond motifs is 1. The molecule has 8 nitrogen and oxygen atoms in total. The number of aromatic hydroxyl groups is 1. The minimum atomic E-state index is -0.945. The summed E-state index contributed by atoms with van der Waals surface area (Å²) in [5.74, 6) is -0.221.